The number of hydrogen-bond donors (Lipinski definition) is 3. The summed E-state index contributed by atoms with van der Waals surface area (Å²) in [7, 11) is 0. The van der Waals surface area contributed by atoms with Crippen molar-refractivity contribution in [2.24, 2.45) is 4.99 Å². The van der Waals surface area contributed by atoms with E-state index in [9.17, 15) is 5.11 Å². The zero-order valence-corrected chi connectivity index (χ0v) is 16.1. The maximum atomic E-state index is 9.76. The Morgan fingerprint density at radius 2 is 1.89 bits per heavy atom. The van der Waals surface area contributed by atoms with E-state index in [1.807, 2.05) is 60.2 Å². The normalized spacial score (nSPS) is 12.6. The molecule has 0 bridgehead atoms. The van der Waals surface area contributed by atoms with Gasteiger partial charge in [0.15, 0.2) is 5.96 Å². The van der Waals surface area contributed by atoms with Gasteiger partial charge in [-0.1, -0.05) is 48.5 Å². The third-order valence-corrected chi connectivity index (χ3v) is 4.53. The molecule has 0 amide bonds. The van der Waals surface area contributed by atoms with Crippen LogP contribution >= 0.6 is 0 Å². The van der Waals surface area contributed by atoms with Gasteiger partial charge in [-0.25, -0.2) is 9.98 Å². The van der Waals surface area contributed by atoms with Crippen LogP contribution in [0, 0.1) is 0 Å². The van der Waals surface area contributed by atoms with Crippen LogP contribution in [0.2, 0.25) is 0 Å². The molecule has 1 atom stereocenters. The Morgan fingerprint density at radius 1 is 1.11 bits per heavy atom. The zero-order valence-electron chi connectivity index (χ0n) is 16.1. The van der Waals surface area contributed by atoms with Gasteiger partial charge in [0.25, 0.3) is 0 Å². The first-order valence-electron chi connectivity index (χ1n) is 9.56. The molecular formula is C22H27N5O. The van der Waals surface area contributed by atoms with E-state index >= 15 is 0 Å². The number of nitrogens with one attached hydrogen (secondary N) is 2. The summed E-state index contributed by atoms with van der Waals surface area (Å²) in [6.07, 6.45) is 5.49. The van der Waals surface area contributed by atoms with Gasteiger partial charge in [-0.05, 0) is 24.1 Å². The van der Waals surface area contributed by atoms with Crippen molar-refractivity contribution in [1.82, 2.24) is 20.2 Å². The Kier molecular flexibility index (Phi) is 7.21. The lowest BCUT2D eigenvalue weighted by atomic mass is 10.0. The number of aromatic nitrogens is 2. The van der Waals surface area contributed by atoms with Gasteiger partial charge >= 0.3 is 0 Å². The van der Waals surface area contributed by atoms with Crippen LogP contribution in [0.25, 0.3) is 5.69 Å². The van der Waals surface area contributed by atoms with E-state index in [0.29, 0.717) is 13.1 Å². The summed E-state index contributed by atoms with van der Waals surface area (Å²) in [4.78, 5) is 8.86. The third-order valence-electron chi connectivity index (χ3n) is 4.53. The predicted octanol–water partition coefficient (Wildman–Crippen LogP) is 2.70. The van der Waals surface area contributed by atoms with Crippen molar-refractivity contribution in [3.05, 3.63) is 84.4 Å². The predicted molar refractivity (Wildman–Crippen MR) is 113 cm³/mol. The number of benzene rings is 2. The minimum Gasteiger partial charge on any atom is -0.396 e. The second kappa shape index (κ2) is 10.3. The quantitative estimate of drug-likeness (QED) is 0.417. The van der Waals surface area contributed by atoms with E-state index in [4.69, 9.17) is 4.99 Å². The molecule has 6 heteroatoms. The number of aliphatic imine (C=N–C) groups is 1. The second-order valence-electron chi connectivity index (χ2n) is 6.46. The van der Waals surface area contributed by atoms with Gasteiger partial charge < -0.3 is 20.3 Å². The van der Waals surface area contributed by atoms with Crippen LogP contribution in [0.4, 0.5) is 0 Å². The first-order chi connectivity index (χ1) is 13.8. The molecule has 0 aliphatic carbocycles. The minimum atomic E-state index is 0.0169. The SMILES string of the molecule is CCNC(=NCc1ccccc1-n1ccnc1)NCC(CO)c1ccccc1. The summed E-state index contributed by atoms with van der Waals surface area (Å²) in [6, 6.07) is 18.2. The highest BCUT2D eigenvalue weighted by Crippen LogP contribution is 2.16. The van der Waals surface area contributed by atoms with E-state index < -0.39 is 0 Å². The van der Waals surface area contributed by atoms with Crippen molar-refractivity contribution < 1.29 is 5.11 Å². The number of para-hydroxylation sites is 1. The van der Waals surface area contributed by atoms with Gasteiger partial charge in [-0.3, -0.25) is 0 Å². The highest BCUT2D eigenvalue weighted by molar-refractivity contribution is 5.79. The van der Waals surface area contributed by atoms with Crippen LogP contribution < -0.4 is 10.6 Å². The molecule has 146 valence electrons. The van der Waals surface area contributed by atoms with E-state index in [0.717, 1.165) is 29.3 Å². The van der Waals surface area contributed by atoms with Crippen LogP contribution in [-0.2, 0) is 6.54 Å². The summed E-state index contributed by atoms with van der Waals surface area (Å²) in [5.41, 5.74) is 3.29. The molecule has 0 aliphatic heterocycles. The largest absolute Gasteiger partial charge is 0.396 e. The van der Waals surface area contributed by atoms with Crippen LogP contribution in [-0.4, -0.2) is 40.3 Å². The maximum Gasteiger partial charge on any atom is 0.191 e. The summed E-state index contributed by atoms with van der Waals surface area (Å²) in [5, 5.41) is 16.4. The topological polar surface area (TPSA) is 74.5 Å². The Balaban J connectivity index is 1.70. The number of nitrogens with zero attached hydrogens (tertiary/aromatic N) is 3. The molecule has 3 N–H and O–H groups in total. The molecule has 6 nitrogen and oxygen atoms in total. The highest BCUT2D eigenvalue weighted by atomic mass is 16.3. The van der Waals surface area contributed by atoms with Gasteiger partial charge in [0.2, 0.25) is 0 Å². The average Bonchev–Trinajstić information content (AvgIpc) is 3.28. The Morgan fingerprint density at radius 3 is 2.61 bits per heavy atom. The smallest absolute Gasteiger partial charge is 0.191 e. The van der Waals surface area contributed by atoms with Crippen molar-refractivity contribution in [3.8, 4) is 5.69 Å². The third kappa shape index (κ3) is 5.20. The molecule has 0 fully saturated rings. The number of guanidine groups is 1. The van der Waals surface area contributed by atoms with Crippen LogP contribution in [0.3, 0.4) is 0 Å². The molecule has 1 heterocycles. The van der Waals surface area contributed by atoms with Gasteiger partial charge in [-0.15, -0.1) is 0 Å². The van der Waals surface area contributed by atoms with Crippen molar-refractivity contribution >= 4 is 5.96 Å². The van der Waals surface area contributed by atoms with E-state index in [1.165, 1.54) is 0 Å². The average molecular weight is 377 g/mol. The van der Waals surface area contributed by atoms with Crippen molar-refractivity contribution in [2.45, 2.75) is 19.4 Å². The molecule has 3 aromatic rings. The van der Waals surface area contributed by atoms with Crippen LogP contribution in [0.1, 0.15) is 24.0 Å². The number of imidazole rings is 1. The zero-order chi connectivity index (χ0) is 19.6. The number of aliphatic hydroxyl groups is 1. The molecule has 0 spiro atoms. The fourth-order valence-corrected chi connectivity index (χ4v) is 3.04. The molecule has 0 saturated carbocycles. The molecule has 2 aromatic carbocycles. The van der Waals surface area contributed by atoms with Gasteiger partial charge in [-0.2, -0.15) is 0 Å². The Bertz CT molecular complexity index is 862. The first-order valence-corrected chi connectivity index (χ1v) is 9.56. The molecular weight excluding hydrogens is 350 g/mol. The van der Waals surface area contributed by atoms with Gasteiger partial charge in [0.05, 0.1) is 25.2 Å². The number of rotatable bonds is 8. The first kappa shape index (κ1) is 19.6. The lowest BCUT2D eigenvalue weighted by molar-refractivity contribution is 0.265. The van der Waals surface area contributed by atoms with Crippen LogP contribution in [0.5, 0.6) is 0 Å². The lowest BCUT2D eigenvalue weighted by Crippen LogP contribution is -2.40. The molecule has 3 rings (SSSR count). The molecule has 0 saturated heterocycles. The van der Waals surface area contributed by atoms with Crippen molar-refractivity contribution in [2.75, 3.05) is 19.7 Å². The van der Waals surface area contributed by atoms with Crippen molar-refractivity contribution in [3.63, 3.8) is 0 Å². The second-order valence-corrected chi connectivity index (χ2v) is 6.46. The fourth-order valence-electron chi connectivity index (χ4n) is 3.04. The van der Waals surface area contributed by atoms with Gasteiger partial charge in [0, 0.05) is 31.4 Å². The minimum absolute atomic E-state index is 0.0169. The molecule has 1 aromatic heterocycles. The molecule has 1 unspecified atom stereocenters. The lowest BCUT2D eigenvalue weighted by Gasteiger charge is -2.18. The summed E-state index contributed by atoms with van der Waals surface area (Å²) in [5.74, 6) is 0.751. The summed E-state index contributed by atoms with van der Waals surface area (Å²) >= 11 is 0. The monoisotopic (exact) mass is 377 g/mol. The standard InChI is InChI=1S/C22H27N5O/c1-2-24-22(26-15-20(16-28)18-8-4-3-5-9-18)25-14-19-10-6-7-11-21(19)27-13-12-23-17-27/h3-13,17,20,28H,2,14-16H2,1H3,(H2,24,25,26). The van der Waals surface area contributed by atoms with E-state index in [1.54, 1.807) is 12.5 Å². The molecule has 0 aliphatic rings. The summed E-state index contributed by atoms with van der Waals surface area (Å²) in [6.45, 7) is 4.04. The highest BCUT2D eigenvalue weighted by Gasteiger charge is 2.11. The molecule has 0 radical (unpaired) electrons. The van der Waals surface area contributed by atoms with Crippen molar-refractivity contribution in [1.29, 1.82) is 0 Å². The number of aliphatic hydroxyl groups excluding tert-OH is 1. The number of hydrogen-bond acceptors (Lipinski definition) is 3. The Hall–Kier alpha value is -3.12. The summed E-state index contributed by atoms with van der Waals surface area (Å²) < 4.78 is 1.99. The fraction of sp³-hybridized carbons (Fsp3) is 0.273. The van der Waals surface area contributed by atoms with Crippen LogP contribution in [0.15, 0.2) is 78.3 Å². The van der Waals surface area contributed by atoms with Gasteiger partial charge in [0.1, 0.15) is 0 Å². The maximum absolute atomic E-state index is 9.76. The van der Waals surface area contributed by atoms with E-state index in [-0.39, 0.29) is 12.5 Å². The Labute approximate surface area is 166 Å². The van der Waals surface area contributed by atoms with E-state index in [2.05, 4.69) is 27.8 Å². The molecule has 28 heavy (non-hydrogen) atoms.